The van der Waals surface area contributed by atoms with Crippen LogP contribution in [-0.4, -0.2) is 10.9 Å². The fourth-order valence-corrected chi connectivity index (χ4v) is 3.00. The van der Waals surface area contributed by atoms with E-state index in [1.54, 1.807) is 12.3 Å². The third kappa shape index (κ3) is 2.75. The lowest BCUT2D eigenvalue weighted by molar-refractivity contribution is 0.846. The van der Waals surface area contributed by atoms with Crippen LogP contribution in [0.2, 0.25) is 5.02 Å². The predicted molar refractivity (Wildman–Crippen MR) is 95.6 cm³/mol. The van der Waals surface area contributed by atoms with Crippen LogP contribution in [0.1, 0.15) is 28.3 Å². The van der Waals surface area contributed by atoms with Crippen LogP contribution in [0.3, 0.4) is 0 Å². The smallest absolute Gasteiger partial charge is 0.211 e. The third-order valence-electron chi connectivity index (χ3n) is 3.81. The van der Waals surface area contributed by atoms with Gasteiger partial charge in [0.25, 0.3) is 0 Å². The number of nitrogens with two attached hydrogens (primary N) is 2. The molecule has 1 aliphatic rings. The fourth-order valence-electron chi connectivity index (χ4n) is 2.66. The van der Waals surface area contributed by atoms with Crippen molar-refractivity contribution in [1.29, 1.82) is 10.5 Å². The number of aromatic nitrogens is 1. The molecule has 1 aromatic heterocycles. The van der Waals surface area contributed by atoms with E-state index in [9.17, 15) is 5.26 Å². The lowest BCUT2D eigenvalue weighted by Crippen LogP contribution is -2.32. The zero-order valence-electron chi connectivity index (χ0n) is 13.1. The number of guanidine groups is 1. The van der Waals surface area contributed by atoms with Crippen LogP contribution in [0.5, 0.6) is 0 Å². The van der Waals surface area contributed by atoms with Gasteiger partial charge in [-0.15, -0.1) is 0 Å². The summed E-state index contributed by atoms with van der Waals surface area (Å²) in [4.78, 5) is 8.65. The molecule has 1 unspecified atom stereocenters. The highest BCUT2D eigenvalue weighted by atomic mass is 35.5. The SMILES string of the molecule is Cc1ccc(C2N=C(NC#N)Nc3nc(N)c(C#N)c(N)c32)c(Cl)c1. The fraction of sp³-hybridized carbons (Fsp3) is 0.125. The van der Waals surface area contributed by atoms with Crippen LogP contribution < -0.4 is 22.1 Å². The number of pyridine rings is 1. The summed E-state index contributed by atoms with van der Waals surface area (Å²) in [6, 6.07) is 6.84. The molecule has 9 heteroatoms. The van der Waals surface area contributed by atoms with Crippen molar-refractivity contribution in [2.45, 2.75) is 13.0 Å². The molecule has 2 heterocycles. The molecular weight excluding hydrogens is 340 g/mol. The molecule has 0 saturated heterocycles. The number of hydrogen-bond acceptors (Lipinski definition) is 8. The topological polar surface area (TPSA) is 149 Å². The maximum absolute atomic E-state index is 9.30. The van der Waals surface area contributed by atoms with Crippen LogP contribution in [0.25, 0.3) is 0 Å². The van der Waals surface area contributed by atoms with Gasteiger partial charge < -0.3 is 16.8 Å². The second kappa shape index (κ2) is 6.19. The first-order chi connectivity index (χ1) is 12.0. The lowest BCUT2D eigenvalue weighted by Gasteiger charge is -2.26. The molecule has 0 spiro atoms. The van der Waals surface area contributed by atoms with E-state index in [1.165, 1.54) is 0 Å². The van der Waals surface area contributed by atoms with Gasteiger partial charge in [0, 0.05) is 10.6 Å². The predicted octanol–water partition coefficient (Wildman–Crippen LogP) is 2.02. The Morgan fingerprint density at radius 1 is 1.32 bits per heavy atom. The molecule has 0 bridgehead atoms. The van der Waals surface area contributed by atoms with Gasteiger partial charge in [-0.1, -0.05) is 23.7 Å². The number of nitrogens with zero attached hydrogens (tertiary/aromatic N) is 4. The molecule has 0 saturated carbocycles. The molecule has 3 rings (SSSR count). The number of aryl methyl sites for hydroxylation is 1. The second-order valence-corrected chi connectivity index (χ2v) is 5.83. The van der Waals surface area contributed by atoms with Crippen LogP contribution in [-0.2, 0) is 0 Å². The van der Waals surface area contributed by atoms with E-state index in [4.69, 9.17) is 28.3 Å². The van der Waals surface area contributed by atoms with E-state index in [2.05, 4.69) is 20.6 Å². The van der Waals surface area contributed by atoms with Gasteiger partial charge in [-0.25, -0.2) is 9.98 Å². The highest BCUT2D eigenvalue weighted by molar-refractivity contribution is 6.31. The Kier molecular flexibility index (Phi) is 4.05. The number of fused-ring (bicyclic) bond motifs is 1. The maximum atomic E-state index is 9.30. The zero-order chi connectivity index (χ0) is 18.1. The number of nitriles is 2. The number of anilines is 3. The van der Waals surface area contributed by atoms with Crippen molar-refractivity contribution in [3.63, 3.8) is 0 Å². The van der Waals surface area contributed by atoms with Crippen molar-refractivity contribution in [1.82, 2.24) is 10.3 Å². The summed E-state index contributed by atoms with van der Waals surface area (Å²) in [6.07, 6.45) is 1.80. The summed E-state index contributed by atoms with van der Waals surface area (Å²) in [7, 11) is 0. The Balaban J connectivity index is 2.28. The molecule has 1 aliphatic heterocycles. The summed E-state index contributed by atoms with van der Waals surface area (Å²) in [5, 5.41) is 24.0. The summed E-state index contributed by atoms with van der Waals surface area (Å²) in [5.41, 5.74) is 14.4. The molecular formula is C16H13ClN8. The normalized spacial score (nSPS) is 15.2. The number of nitrogen functional groups attached to an aromatic ring is 2. The van der Waals surface area contributed by atoms with Gasteiger partial charge in [0.15, 0.2) is 6.19 Å². The average Bonchev–Trinajstić information content (AvgIpc) is 2.54. The maximum Gasteiger partial charge on any atom is 0.211 e. The summed E-state index contributed by atoms with van der Waals surface area (Å²) >= 11 is 6.39. The minimum Gasteiger partial charge on any atom is -0.397 e. The Labute approximate surface area is 148 Å². The molecule has 0 aliphatic carbocycles. The standard InChI is InChI=1S/C16H13ClN8/c1-7-2-3-8(10(17)4-7)13-11-12(20)9(5-18)14(21)24-15(11)25-16(23-13)22-6-19/h2-4,13H,1H3,(H6,20,21,22,23,24,25). The second-order valence-electron chi connectivity index (χ2n) is 5.43. The zero-order valence-corrected chi connectivity index (χ0v) is 13.9. The highest BCUT2D eigenvalue weighted by Gasteiger charge is 2.30. The van der Waals surface area contributed by atoms with Crippen molar-refractivity contribution in [2.24, 2.45) is 4.99 Å². The first-order valence-corrected chi connectivity index (χ1v) is 7.59. The largest absolute Gasteiger partial charge is 0.397 e. The highest BCUT2D eigenvalue weighted by Crippen LogP contribution is 2.42. The molecule has 124 valence electrons. The van der Waals surface area contributed by atoms with Gasteiger partial charge in [0.05, 0.1) is 5.69 Å². The third-order valence-corrected chi connectivity index (χ3v) is 4.14. The molecule has 0 fully saturated rings. The number of nitrogens with one attached hydrogen (secondary N) is 2. The molecule has 0 amide bonds. The first kappa shape index (κ1) is 16.4. The Morgan fingerprint density at radius 3 is 2.72 bits per heavy atom. The molecule has 6 N–H and O–H groups in total. The van der Waals surface area contributed by atoms with Gasteiger partial charge >= 0.3 is 0 Å². The summed E-state index contributed by atoms with van der Waals surface area (Å²) in [5.74, 6) is 0.509. The minimum atomic E-state index is -0.639. The quantitative estimate of drug-likeness (QED) is 0.453. The van der Waals surface area contributed by atoms with Crippen molar-refractivity contribution >= 4 is 34.9 Å². The number of rotatable bonds is 1. The number of halogens is 1. The van der Waals surface area contributed by atoms with Crippen LogP contribution in [0, 0.1) is 29.7 Å². The Morgan fingerprint density at radius 2 is 2.08 bits per heavy atom. The molecule has 8 nitrogen and oxygen atoms in total. The van der Waals surface area contributed by atoms with Gasteiger partial charge in [-0.05, 0) is 24.1 Å². The van der Waals surface area contributed by atoms with Gasteiger partial charge in [-0.3, -0.25) is 5.32 Å². The first-order valence-electron chi connectivity index (χ1n) is 7.21. The van der Waals surface area contributed by atoms with Gasteiger partial charge in [-0.2, -0.15) is 10.5 Å². The lowest BCUT2D eigenvalue weighted by atomic mass is 9.94. The summed E-state index contributed by atoms with van der Waals surface area (Å²) in [6.45, 7) is 1.92. The van der Waals surface area contributed by atoms with Crippen molar-refractivity contribution in [2.75, 3.05) is 16.8 Å². The van der Waals surface area contributed by atoms with Crippen molar-refractivity contribution in [3.8, 4) is 12.3 Å². The van der Waals surface area contributed by atoms with Gasteiger partial charge in [0.1, 0.15) is 29.3 Å². The van der Waals surface area contributed by atoms with E-state index in [-0.39, 0.29) is 23.0 Å². The molecule has 1 atom stereocenters. The molecule has 2 aromatic rings. The number of aliphatic imine (C=N–C) groups is 1. The van der Waals surface area contributed by atoms with Crippen molar-refractivity contribution < 1.29 is 0 Å². The minimum absolute atomic E-state index is 0.00166. The van der Waals surface area contributed by atoms with Crippen LogP contribution in [0.15, 0.2) is 23.2 Å². The summed E-state index contributed by atoms with van der Waals surface area (Å²) < 4.78 is 0. The molecule has 25 heavy (non-hydrogen) atoms. The Bertz CT molecular complexity index is 983. The van der Waals surface area contributed by atoms with E-state index in [0.29, 0.717) is 22.0 Å². The van der Waals surface area contributed by atoms with Crippen LogP contribution >= 0.6 is 11.6 Å². The van der Waals surface area contributed by atoms with E-state index in [0.717, 1.165) is 5.56 Å². The number of hydrogen-bond donors (Lipinski definition) is 4. The van der Waals surface area contributed by atoms with E-state index in [1.807, 2.05) is 25.1 Å². The number of benzene rings is 1. The molecule has 1 aromatic carbocycles. The van der Waals surface area contributed by atoms with Crippen molar-refractivity contribution in [3.05, 3.63) is 45.5 Å². The monoisotopic (exact) mass is 352 g/mol. The van der Waals surface area contributed by atoms with Gasteiger partial charge in [0.2, 0.25) is 5.96 Å². The average molecular weight is 353 g/mol. The van der Waals surface area contributed by atoms with Crippen LogP contribution in [0.4, 0.5) is 17.3 Å². The van der Waals surface area contributed by atoms with E-state index >= 15 is 0 Å². The molecule has 0 radical (unpaired) electrons. The van der Waals surface area contributed by atoms with E-state index < -0.39 is 6.04 Å². The Hall–Kier alpha value is -3.49.